The standard InChI is InChI=1S/C13H18IN5O4/c1-8(20)22-6-10(7-23-9(2)21)3-4-19-12-11(18-14-19)5-16-13(15)17-12/h5,10H,3-4,6-7H2,1-2H3,(H2,15,16,17). The second kappa shape index (κ2) is 8.13. The van der Waals surface area contributed by atoms with E-state index in [-0.39, 0.29) is 37.0 Å². The van der Waals surface area contributed by atoms with Gasteiger partial charge in [0, 0.05) is 26.3 Å². The van der Waals surface area contributed by atoms with Gasteiger partial charge in [-0.1, -0.05) is 0 Å². The van der Waals surface area contributed by atoms with Crippen LogP contribution in [0.3, 0.4) is 0 Å². The summed E-state index contributed by atoms with van der Waals surface area (Å²) in [6.45, 7) is 3.80. The lowest BCUT2D eigenvalue weighted by atomic mass is 10.1. The van der Waals surface area contributed by atoms with Crippen molar-refractivity contribution in [3.05, 3.63) is 6.20 Å². The van der Waals surface area contributed by atoms with E-state index < -0.39 is 21.3 Å². The number of nitrogen functional groups attached to an aromatic ring is 1. The molecule has 1 aliphatic heterocycles. The maximum atomic E-state index is 11.0. The van der Waals surface area contributed by atoms with E-state index in [4.69, 9.17) is 15.2 Å². The molecule has 1 aromatic heterocycles. The van der Waals surface area contributed by atoms with Gasteiger partial charge in [-0.15, -0.1) is 0 Å². The minimum Gasteiger partial charge on any atom is -0.465 e. The van der Waals surface area contributed by atoms with Gasteiger partial charge in [0.15, 0.2) is 5.82 Å². The van der Waals surface area contributed by atoms with Crippen LogP contribution in [0.25, 0.3) is 0 Å². The van der Waals surface area contributed by atoms with Crippen LogP contribution >= 0.6 is 21.3 Å². The van der Waals surface area contributed by atoms with Crippen molar-refractivity contribution in [2.24, 2.45) is 9.06 Å². The molecule has 0 aliphatic carbocycles. The molecule has 0 atom stereocenters. The fraction of sp³-hybridized carbons (Fsp3) is 0.538. The van der Waals surface area contributed by atoms with Crippen molar-refractivity contribution in [1.29, 1.82) is 0 Å². The summed E-state index contributed by atoms with van der Waals surface area (Å²) in [5.41, 5.74) is 6.37. The first kappa shape index (κ1) is 17.5. The third-order valence-electron chi connectivity index (χ3n) is 3.00. The predicted octanol–water partition coefficient (Wildman–Crippen LogP) is 1.71. The molecule has 0 amide bonds. The Kier molecular flexibility index (Phi) is 6.19. The first-order valence-electron chi connectivity index (χ1n) is 6.98. The molecule has 0 fully saturated rings. The largest absolute Gasteiger partial charge is 0.465 e. The Balaban J connectivity index is 1.93. The summed E-state index contributed by atoms with van der Waals surface area (Å²) < 4.78 is 16.6. The lowest BCUT2D eigenvalue weighted by Gasteiger charge is -2.19. The van der Waals surface area contributed by atoms with Gasteiger partial charge in [-0.25, -0.2) is 4.98 Å². The predicted molar refractivity (Wildman–Crippen MR) is 91.3 cm³/mol. The molecule has 2 heterocycles. The highest BCUT2D eigenvalue weighted by Gasteiger charge is 2.21. The molecule has 0 saturated heterocycles. The Bertz CT molecular complexity index is 606. The Morgan fingerprint density at radius 3 is 2.57 bits per heavy atom. The third-order valence-corrected chi connectivity index (χ3v) is 5.19. The fourth-order valence-electron chi connectivity index (χ4n) is 1.86. The van der Waals surface area contributed by atoms with Gasteiger partial charge in [0.25, 0.3) is 0 Å². The van der Waals surface area contributed by atoms with Crippen molar-refractivity contribution in [1.82, 2.24) is 9.97 Å². The highest BCUT2D eigenvalue weighted by molar-refractivity contribution is 14.2. The van der Waals surface area contributed by atoms with Crippen molar-refractivity contribution in [3.8, 4) is 0 Å². The van der Waals surface area contributed by atoms with Crippen LogP contribution in [-0.2, 0) is 19.1 Å². The smallest absolute Gasteiger partial charge is 0.302 e. The number of ether oxygens (including phenoxy) is 2. The topological polar surface area (TPSA) is 120 Å². The lowest BCUT2D eigenvalue weighted by molar-refractivity contribution is -0.146. The van der Waals surface area contributed by atoms with Gasteiger partial charge in [0.2, 0.25) is 5.95 Å². The summed E-state index contributed by atoms with van der Waals surface area (Å²) in [5, 5.41) is 0. The Hall–Kier alpha value is -1.85. The number of carbonyl (C=O) groups is 2. The molecule has 0 bridgehead atoms. The number of nitrogens with zero attached hydrogens (tertiary/aromatic N) is 4. The summed E-state index contributed by atoms with van der Waals surface area (Å²) >= 11 is -0.559. The molecule has 1 aliphatic rings. The van der Waals surface area contributed by atoms with Gasteiger partial charge in [0.05, 0.1) is 19.4 Å². The zero-order chi connectivity index (χ0) is 16.8. The number of aromatic nitrogens is 2. The maximum Gasteiger partial charge on any atom is 0.302 e. The molecule has 0 saturated carbocycles. The van der Waals surface area contributed by atoms with Gasteiger partial charge < -0.3 is 15.2 Å². The summed E-state index contributed by atoms with van der Waals surface area (Å²) in [6, 6.07) is 0. The van der Waals surface area contributed by atoms with Gasteiger partial charge in [-0.05, 0) is 6.42 Å². The molecule has 0 unspecified atom stereocenters. The monoisotopic (exact) mass is 435 g/mol. The minimum atomic E-state index is -0.559. The zero-order valence-electron chi connectivity index (χ0n) is 12.9. The first-order valence-corrected chi connectivity index (χ1v) is 8.91. The van der Waals surface area contributed by atoms with E-state index in [1.54, 1.807) is 6.20 Å². The maximum absolute atomic E-state index is 11.0. The zero-order valence-corrected chi connectivity index (χ0v) is 15.0. The minimum absolute atomic E-state index is 0.0740. The van der Waals surface area contributed by atoms with Gasteiger partial charge in [-0.2, -0.15) is 8.13 Å². The van der Waals surface area contributed by atoms with E-state index in [1.165, 1.54) is 13.8 Å². The Morgan fingerprint density at radius 2 is 1.96 bits per heavy atom. The molecule has 10 heteroatoms. The number of carbonyl (C=O) groups excluding carboxylic acids is 2. The normalized spacial score (nSPS) is 12.7. The number of hydrogen-bond donors (Lipinski definition) is 1. The van der Waals surface area contributed by atoms with E-state index in [0.717, 1.165) is 11.5 Å². The highest BCUT2D eigenvalue weighted by atomic mass is 127. The number of rotatable bonds is 7. The Labute approximate surface area is 144 Å². The summed E-state index contributed by atoms with van der Waals surface area (Å²) in [4.78, 5) is 30.1. The van der Waals surface area contributed by atoms with Crippen LogP contribution in [0.5, 0.6) is 0 Å². The second-order valence-corrected chi connectivity index (χ2v) is 7.02. The average Bonchev–Trinajstić information content (AvgIpc) is 2.88. The van der Waals surface area contributed by atoms with Crippen LogP contribution in [0.2, 0.25) is 0 Å². The molecule has 126 valence electrons. The molecular formula is C13H18IN5O4. The van der Waals surface area contributed by atoms with Crippen LogP contribution in [0.15, 0.2) is 9.34 Å². The molecule has 1 aromatic rings. The van der Waals surface area contributed by atoms with Crippen molar-refractivity contribution < 1.29 is 19.1 Å². The van der Waals surface area contributed by atoms with E-state index in [1.807, 2.05) is 0 Å². The van der Waals surface area contributed by atoms with Gasteiger partial charge >= 0.3 is 11.9 Å². The van der Waals surface area contributed by atoms with Gasteiger partial charge in [0.1, 0.15) is 27.0 Å². The van der Waals surface area contributed by atoms with Crippen LogP contribution in [0.1, 0.15) is 20.3 Å². The van der Waals surface area contributed by atoms with Crippen molar-refractivity contribution in [2.75, 3.05) is 28.6 Å². The molecule has 9 nitrogen and oxygen atoms in total. The molecule has 2 rings (SSSR count). The molecule has 0 spiro atoms. The SMILES string of the molecule is CC(=O)OCC(CCN1I=Nc2cnc(N)nc21)COC(C)=O. The molecule has 2 N–H and O–H groups in total. The third kappa shape index (κ3) is 5.37. The number of anilines is 2. The molecule has 0 aromatic carbocycles. The summed E-state index contributed by atoms with van der Waals surface area (Å²) in [6.07, 6.45) is 2.30. The summed E-state index contributed by atoms with van der Waals surface area (Å²) in [7, 11) is 0. The van der Waals surface area contributed by atoms with Crippen LogP contribution in [0.4, 0.5) is 17.5 Å². The van der Waals surface area contributed by atoms with E-state index >= 15 is 0 Å². The molecule has 0 radical (unpaired) electrons. The first-order chi connectivity index (χ1) is 11.0. The van der Waals surface area contributed by atoms with E-state index in [9.17, 15) is 9.59 Å². The van der Waals surface area contributed by atoms with Crippen molar-refractivity contribution >= 4 is 50.7 Å². The highest BCUT2D eigenvalue weighted by Crippen LogP contribution is 2.40. The van der Waals surface area contributed by atoms with Crippen LogP contribution < -0.4 is 8.85 Å². The average molecular weight is 435 g/mol. The quantitative estimate of drug-likeness (QED) is 0.391. The number of nitrogens with two attached hydrogens (primary N) is 1. The Morgan fingerprint density at radius 1 is 1.30 bits per heavy atom. The van der Waals surface area contributed by atoms with Crippen LogP contribution in [-0.4, -0.2) is 41.7 Å². The van der Waals surface area contributed by atoms with Crippen LogP contribution in [0, 0.1) is 5.92 Å². The van der Waals surface area contributed by atoms with Crippen molar-refractivity contribution in [2.45, 2.75) is 20.3 Å². The fourth-order valence-corrected chi connectivity index (χ4v) is 3.75. The lowest BCUT2D eigenvalue weighted by Crippen LogP contribution is -2.24. The summed E-state index contributed by atoms with van der Waals surface area (Å²) in [5.74, 6) is 0.171. The number of hydrogen-bond acceptors (Lipinski definition) is 9. The van der Waals surface area contributed by atoms with Gasteiger partial charge in [-0.3, -0.25) is 12.7 Å². The molecule has 23 heavy (non-hydrogen) atoms. The number of esters is 2. The van der Waals surface area contributed by atoms with E-state index in [2.05, 4.69) is 16.2 Å². The number of halogens is 1. The molecular weight excluding hydrogens is 417 g/mol. The number of fused-ring (bicyclic) bond motifs is 1. The van der Waals surface area contributed by atoms with Crippen molar-refractivity contribution in [3.63, 3.8) is 0 Å². The second-order valence-electron chi connectivity index (χ2n) is 4.94. The van der Waals surface area contributed by atoms with E-state index in [0.29, 0.717) is 13.0 Å².